The van der Waals surface area contributed by atoms with Crippen LogP contribution in [-0.4, -0.2) is 42.4 Å². The van der Waals surface area contributed by atoms with Crippen LogP contribution < -0.4 is 25.2 Å². The topological polar surface area (TPSA) is 121 Å². The summed E-state index contributed by atoms with van der Waals surface area (Å²) >= 11 is 15.4. The molecule has 8 heterocycles. The highest BCUT2D eigenvalue weighted by molar-refractivity contribution is 7.16. The quantitative estimate of drug-likeness (QED) is 0.194. The van der Waals surface area contributed by atoms with Gasteiger partial charge in [0.25, 0.3) is 17.6 Å². The van der Waals surface area contributed by atoms with Gasteiger partial charge in [0, 0.05) is 37.6 Å². The van der Waals surface area contributed by atoms with Gasteiger partial charge in [-0.2, -0.15) is 18.3 Å². The fourth-order valence-corrected chi connectivity index (χ4v) is 11.6. The molecule has 2 aromatic carbocycles. The molecule has 11 nitrogen and oxygen atoms in total. The summed E-state index contributed by atoms with van der Waals surface area (Å²) in [5, 5.41) is 23.8. The van der Waals surface area contributed by atoms with Gasteiger partial charge in [-0.05, 0) is 29.5 Å². The van der Waals surface area contributed by atoms with E-state index in [-0.39, 0.29) is 51.9 Å². The first-order chi connectivity index (χ1) is 26.3. The number of aromatic nitrogens is 6. The van der Waals surface area contributed by atoms with Gasteiger partial charge in [0.2, 0.25) is 0 Å². The Morgan fingerprint density at radius 2 is 1.39 bits per heavy atom. The van der Waals surface area contributed by atoms with E-state index in [1.807, 2.05) is 66.8 Å². The Kier molecular flexibility index (Phi) is 8.20. The number of aromatic hydroxyl groups is 2. The zero-order chi connectivity index (χ0) is 36.8. The van der Waals surface area contributed by atoms with Crippen LogP contribution in [0.15, 0.2) is 76.6 Å². The van der Waals surface area contributed by atoms with E-state index in [1.54, 1.807) is 12.4 Å². The lowest BCUT2D eigenvalue weighted by molar-refractivity contribution is -0.721. The maximum Gasteiger partial charge on any atom is 0.366 e. The molecule has 15 heteroatoms. The van der Waals surface area contributed by atoms with Gasteiger partial charge in [0.05, 0.1) is 41.9 Å². The van der Waals surface area contributed by atoms with Gasteiger partial charge in [0.1, 0.15) is 17.6 Å². The van der Waals surface area contributed by atoms with Gasteiger partial charge < -0.3 is 10.2 Å². The first-order valence-electron chi connectivity index (χ1n) is 18.2. The predicted molar refractivity (Wildman–Crippen MR) is 207 cm³/mol. The number of rotatable bonds is 5. The summed E-state index contributed by atoms with van der Waals surface area (Å²) in [4.78, 5) is 42.0. The third kappa shape index (κ3) is 5.19. The molecule has 4 aliphatic rings. The van der Waals surface area contributed by atoms with Crippen molar-refractivity contribution in [3.05, 3.63) is 118 Å². The molecule has 54 heavy (non-hydrogen) atoms. The number of anilines is 1. The van der Waals surface area contributed by atoms with Crippen LogP contribution in [0.5, 0.6) is 11.8 Å². The Morgan fingerprint density at radius 1 is 0.722 bits per heavy atom. The molecule has 10 rings (SSSR count). The van der Waals surface area contributed by atoms with Crippen molar-refractivity contribution in [2.24, 2.45) is 0 Å². The lowest BCUT2D eigenvalue weighted by atomic mass is 9.74. The van der Waals surface area contributed by atoms with Gasteiger partial charge in [-0.1, -0.05) is 77.8 Å². The van der Waals surface area contributed by atoms with E-state index in [4.69, 9.17) is 23.2 Å². The van der Waals surface area contributed by atoms with Crippen LogP contribution in [-0.2, 0) is 13.1 Å². The zero-order valence-corrected chi connectivity index (χ0v) is 32.1. The van der Waals surface area contributed by atoms with Gasteiger partial charge in [-0.3, -0.25) is 4.90 Å². The molecule has 0 fully saturated rings. The molecule has 4 unspecified atom stereocenters. The first-order valence-corrected chi connectivity index (χ1v) is 20.6. The minimum absolute atomic E-state index is 0.0264. The number of hydrogen-bond acceptors (Lipinski definition) is 9. The molecule has 0 bridgehead atoms. The Bertz CT molecular complexity index is 2600. The summed E-state index contributed by atoms with van der Waals surface area (Å²) in [6.45, 7) is 2.73. The van der Waals surface area contributed by atoms with Gasteiger partial charge in [-0.15, -0.1) is 22.7 Å². The summed E-state index contributed by atoms with van der Waals surface area (Å²) in [6.07, 6.45) is 7.29. The van der Waals surface area contributed by atoms with Crippen molar-refractivity contribution in [1.29, 1.82) is 0 Å². The third-order valence-electron chi connectivity index (χ3n) is 11.7. The molecule has 0 amide bonds. The zero-order valence-electron chi connectivity index (χ0n) is 28.9. The summed E-state index contributed by atoms with van der Waals surface area (Å²) in [7, 11) is 0. The molecule has 2 N–H and O–H groups in total. The van der Waals surface area contributed by atoms with Crippen molar-refractivity contribution < 1.29 is 19.3 Å². The molecule has 0 aliphatic carbocycles. The van der Waals surface area contributed by atoms with Crippen LogP contribution in [0.1, 0.15) is 77.2 Å². The monoisotopic (exact) mass is 799 g/mol. The predicted octanol–water partition coefficient (Wildman–Crippen LogP) is 6.41. The smallest absolute Gasteiger partial charge is 0.366 e. The lowest BCUT2D eigenvalue weighted by Gasteiger charge is -2.38. The molecule has 4 atom stereocenters. The molecule has 0 saturated carbocycles. The fraction of sp³-hybridized carbons (Fsp3) is 0.333. The largest absolute Gasteiger partial charge is 0.483 e. The number of nitrogens with zero attached hydrogens (tertiary/aromatic N) is 7. The molecule has 0 spiro atoms. The molecule has 6 aromatic rings. The highest BCUT2D eigenvalue weighted by atomic mass is 35.5. The highest BCUT2D eigenvalue weighted by Gasteiger charge is 2.49. The molecule has 0 saturated heterocycles. The number of halogens is 2. The number of benzene rings is 2. The SMILES string of the molecule is O=c1c(-c2ccccc2)c(O)[n+]2c3n1C(c1cnc(Cl)s1)CC(c1cccc(-c4c(O)[n+]5c6n(c4=O)C(c4cnc(Cl)s4)CCN6CCC5)c1)C3CCC2. The second kappa shape index (κ2) is 13.0. The second-order valence-electron chi connectivity index (χ2n) is 14.5. The van der Waals surface area contributed by atoms with E-state index in [9.17, 15) is 19.8 Å². The van der Waals surface area contributed by atoms with Crippen LogP contribution in [0, 0.1) is 0 Å². The Balaban J connectivity index is 1.14. The van der Waals surface area contributed by atoms with E-state index in [0.717, 1.165) is 59.9 Å². The molecule has 274 valence electrons. The van der Waals surface area contributed by atoms with E-state index >= 15 is 0 Å². The van der Waals surface area contributed by atoms with Crippen molar-refractivity contribution in [2.45, 2.75) is 69.1 Å². The molecular weight excluding hydrogens is 766 g/mol. The fourth-order valence-electron chi connectivity index (χ4n) is 9.45. The van der Waals surface area contributed by atoms with Crippen molar-refractivity contribution in [3.8, 4) is 34.0 Å². The summed E-state index contributed by atoms with van der Waals surface area (Å²) in [5.41, 5.74) is 2.31. The Morgan fingerprint density at radius 3 is 2.13 bits per heavy atom. The normalized spacial score (nSPS) is 21.5. The maximum absolute atomic E-state index is 14.8. The first kappa shape index (κ1) is 34.0. The van der Waals surface area contributed by atoms with Crippen LogP contribution in [0.2, 0.25) is 8.93 Å². The van der Waals surface area contributed by atoms with Crippen LogP contribution >= 0.6 is 45.9 Å². The average Bonchev–Trinajstić information content (AvgIpc) is 3.83. The van der Waals surface area contributed by atoms with Crippen molar-refractivity contribution >= 4 is 51.8 Å². The van der Waals surface area contributed by atoms with E-state index < -0.39 is 6.04 Å². The third-order valence-corrected chi connectivity index (χ3v) is 14.1. The molecule has 4 aliphatic heterocycles. The minimum atomic E-state index is -0.393. The van der Waals surface area contributed by atoms with Gasteiger partial charge in [-0.25, -0.2) is 19.6 Å². The highest BCUT2D eigenvalue weighted by Crippen LogP contribution is 2.50. The number of thiazole rings is 2. The second-order valence-corrected chi connectivity index (χ2v) is 17.8. The maximum atomic E-state index is 14.8. The van der Waals surface area contributed by atoms with E-state index in [0.29, 0.717) is 45.5 Å². The average molecular weight is 801 g/mol. The molecule has 0 radical (unpaired) electrons. The minimum Gasteiger partial charge on any atom is -0.483 e. The van der Waals surface area contributed by atoms with Crippen molar-refractivity contribution in [2.75, 3.05) is 18.0 Å². The van der Waals surface area contributed by atoms with Crippen LogP contribution in [0.3, 0.4) is 0 Å². The molecular formula is C39H35Cl2N7O4S2+2. The van der Waals surface area contributed by atoms with Crippen molar-refractivity contribution in [1.82, 2.24) is 19.1 Å². The Labute approximate surface area is 327 Å². The lowest BCUT2D eigenvalue weighted by Crippen LogP contribution is -2.56. The Hall–Kier alpha value is -4.56. The van der Waals surface area contributed by atoms with Gasteiger partial charge >= 0.3 is 17.1 Å². The summed E-state index contributed by atoms with van der Waals surface area (Å²) in [5.74, 6) is 1.25. The van der Waals surface area contributed by atoms with Gasteiger partial charge in [0.15, 0.2) is 14.5 Å². The molecule has 4 aromatic heterocycles. The summed E-state index contributed by atoms with van der Waals surface area (Å²) < 4.78 is 8.33. The summed E-state index contributed by atoms with van der Waals surface area (Å²) in [6, 6.07) is 16.6. The number of hydrogen-bond donors (Lipinski definition) is 2. The van der Waals surface area contributed by atoms with E-state index in [1.165, 1.54) is 22.7 Å². The van der Waals surface area contributed by atoms with Crippen molar-refractivity contribution in [3.63, 3.8) is 0 Å². The van der Waals surface area contributed by atoms with Crippen LogP contribution in [0.4, 0.5) is 5.95 Å². The van der Waals surface area contributed by atoms with E-state index in [2.05, 4.69) is 20.9 Å². The van der Waals surface area contributed by atoms with Crippen LogP contribution in [0.25, 0.3) is 22.3 Å². The standard InChI is InChI=1S/C39H33Cl2N7O4S2/c40-37-42-19-28(53-37)26-12-16-44-13-6-15-46-34(50)31(36(52)48(26)39(44)46)23-10-4-9-22(17-23)25-18-27(29-20-43-38(41)54-29)47-32-24(25)11-5-14-45(32)33(49)30(35(47)51)21-7-2-1-3-8-21/h1-4,7-10,17,19-20,24-27H,5-6,11-16,18H2/p+2.